The van der Waals surface area contributed by atoms with E-state index in [1.54, 1.807) is 0 Å². The van der Waals surface area contributed by atoms with E-state index in [2.05, 4.69) is 94.5 Å². The van der Waals surface area contributed by atoms with Gasteiger partial charge in [-0.25, -0.2) is 0 Å². The number of hydrogen-bond acceptors (Lipinski definition) is 5. The molecule has 0 aliphatic carbocycles. The summed E-state index contributed by atoms with van der Waals surface area (Å²) < 4.78 is 2.17. The Kier molecular flexibility index (Phi) is 6.52. The average molecular weight is 455 g/mol. The molecule has 2 heterocycles. The number of anilines is 4. The number of aryl methyl sites for hydroxylation is 2. The standard InChI is InChI=1S/C28H34N6/c1-21-8-7-9-22(2)27(21)30-28-25-13-12-24(29-23-10-5-4-6-11-23)20-26(25)34(31-28)19-18-33-16-14-32(3)15-17-33/h4-13,20,29H,14-19H2,1-3H3,(H,30,31). The first-order valence-electron chi connectivity index (χ1n) is 12.1. The second kappa shape index (κ2) is 9.87. The fourth-order valence-electron chi connectivity index (χ4n) is 4.64. The van der Waals surface area contributed by atoms with E-state index in [4.69, 9.17) is 5.10 Å². The summed E-state index contributed by atoms with van der Waals surface area (Å²) in [4.78, 5) is 4.94. The van der Waals surface area contributed by atoms with Gasteiger partial charge in [0.2, 0.25) is 0 Å². The van der Waals surface area contributed by atoms with Crippen molar-refractivity contribution in [3.63, 3.8) is 0 Å². The molecule has 1 saturated heterocycles. The molecule has 2 N–H and O–H groups in total. The maximum absolute atomic E-state index is 5.06. The van der Waals surface area contributed by atoms with Gasteiger partial charge in [-0.1, -0.05) is 36.4 Å². The monoisotopic (exact) mass is 454 g/mol. The molecule has 6 heteroatoms. The number of para-hydroxylation sites is 2. The molecule has 3 aromatic carbocycles. The normalized spacial score (nSPS) is 15.0. The highest BCUT2D eigenvalue weighted by Gasteiger charge is 2.17. The van der Waals surface area contributed by atoms with Crippen LogP contribution in [-0.4, -0.2) is 59.4 Å². The molecule has 4 aromatic rings. The maximum atomic E-state index is 5.06. The fraction of sp³-hybridized carbons (Fsp3) is 0.321. The molecule has 1 aromatic heterocycles. The summed E-state index contributed by atoms with van der Waals surface area (Å²) in [6, 6.07) is 23.2. The molecular formula is C28H34N6. The van der Waals surface area contributed by atoms with E-state index in [0.29, 0.717) is 0 Å². The maximum Gasteiger partial charge on any atom is 0.160 e. The highest BCUT2D eigenvalue weighted by atomic mass is 15.3. The molecule has 5 rings (SSSR count). The number of likely N-dealkylation sites (N-methyl/N-ethyl adjacent to an activating group) is 1. The van der Waals surface area contributed by atoms with Crippen LogP contribution in [-0.2, 0) is 6.54 Å². The quantitative estimate of drug-likeness (QED) is 0.392. The van der Waals surface area contributed by atoms with Crippen molar-refractivity contribution in [2.75, 3.05) is 50.4 Å². The second-order valence-electron chi connectivity index (χ2n) is 9.33. The molecule has 1 aliphatic heterocycles. The first kappa shape index (κ1) is 22.4. The largest absolute Gasteiger partial charge is 0.355 e. The predicted octanol–water partition coefficient (Wildman–Crippen LogP) is 5.39. The topological polar surface area (TPSA) is 48.4 Å². The summed E-state index contributed by atoms with van der Waals surface area (Å²) >= 11 is 0. The van der Waals surface area contributed by atoms with Gasteiger partial charge in [-0.3, -0.25) is 9.58 Å². The number of nitrogens with zero attached hydrogens (tertiary/aromatic N) is 4. The molecule has 0 radical (unpaired) electrons. The Labute approximate surface area is 202 Å². The fourth-order valence-corrected chi connectivity index (χ4v) is 4.64. The molecule has 0 bridgehead atoms. The van der Waals surface area contributed by atoms with Crippen LogP contribution in [0.15, 0.2) is 66.7 Å². The molecule has 0 amide bonds. The molecular weight excluding hydrogens is 420 g/mol. The van der Waals surface area contributed by atoms with Gasteiger partial charge in [-0.2, -0.15) is 5.10 Å². The van der Waals surface area contributed by atoms with Crippen molar-refractivity contribution >= 4 is 33.8 Å². The number of benzene rings is 3. The SMILES string of the molecule is Cc1cccc(C)c1Nc1nn(CCN2CCN(C)CC2)c2cc(Nc3ccccc3)ccc12. The van der Waals surface area contributed by atoms with Crippen LogP contribution in [0.4, 0.5) is 22.9 Å². The van der Waals surface area contributed by atoms with Crippen LogP contribution >= 0.6 is 0 Å². The number of rotatable bonds is 7. The van der Waals surface area contributed by atoms with Crippen molar-refractivity contribution in [1.29, 1.82) is 0 Å². The lowest BCUT2D eigenvalue weighted by Gasteiger charge is -2.32. The van der Waals surface area contributed by atoms with Gasteiger partial charge in [-0.05, 0) is 62.4 Å². The Morgan fingerprint density at radius 3 is 2.24 bits per heavy atom. The number of nitrogens with one attached hydrogen (secondary N) is 2. The third-order valence-corrected chi connectivity index (χ3v) is 6.76. The third kappa shape index (κ3) is 4.93. The summed E-state index contributed by atoms with van der Waals surface area (Å²) in [7, 11) is 2.20. The van der Waals surface area contributed by atoms with Gasteiger partial charge in [0.05, 0.1) is 12.1 Å². The lowest BCUT2D eigenvalue weighted by Crippen LogP contribution is -2.45. The minimum atomic E-state index is 0.865. The summed E-state index contributed by atoms with van der Waals surface area (Å²) in [5, 5.41) is 13.4. The average Bonchev–Trinajstić information content (AvgIpc) is 3.18. The zero-order valence-electron chi connectivity index (χ0n) is 20.4. The van der Waals surface area contributed by atoms with Crippen molar-refractivity contribution in [3.05, 3.63) is 77.9 Å². The van der Waals surface area contributed by atoms with Crippen molar-refractivity contribution in [2.24, 2.45) is 0 Å². The van der Waals surface area contributed by atoms with E-state index in [-0.39, 0.29) is 0 Å². The highest BCUT2D eigenvalue weighted by Crippen LogP contribution is 2.31. The van der Waals surface area contributed by atoms with Crippen molar-refractivity contribution in [2.45, 2.75) is 20.4 Å². The summed E-state index contributed by atoms with van der Waals surface area (Å²) in [5.74, 6) is 0.914. The van der Waals surface area contributed by atoms with E-state index < -0.39 is 0 Å². The smallest absolute Gasteiger partial charge is 0.160 e. The molecule has 0 atom stereocenters. The molecule has 0 spiro atoms. The van der Waals surface area contributed by atoms with E-state index in [0.717, 1.165) is 73.1 Å². The number of hydrogen-bond donors (Lipinski definition) is 2. The third-order valence-electron chi connectivity index (χ3n) is 6.76. The van der Waals surface area contributed by atoms with Crippen molar-refractivity contribution in [3.8, 4) is 0 Å². The van der Waals surface area contributed by atoms with Crippen molar-refractivity contribution in [1.82, 2.24) is 19.6 Å². The first-order chi connectivity index (χ1) is 16.6. The van der Waals surface area contributed by atoms with Crippen LogP contribution in [0.2, 0.25) is 0 Å². The van der Waals surface area contributed by atoms with Gasteiger partial charge >= 0.3 is 0 Å². The summed E-state index contributed by atoms with van der Waals surface area (Å²) in [5.41, 5.74) is 6.88. The first-order valence-corrected chi connectivity index (χ1v) is 12.1. The summed E-state index contributed by atoms with van der Waals surface area (Å²) in [6.45, 7) is 10.6. The van der Waals surface area contributed by atoms with Gasteiger partial charge in [-0.15, -0.1) is 0 Å². The Hall–Kier alpha value is -3.35. The Bertz CT molecular complexity index is 1230. The van der Waals surface area contributed by atoms with Crippen LogP contribution in [0.1, 0.15) is 11.1 Å². The minimum absolute atomic E-state index is 0.865. The van der Waals surface area contributed by atoms with Gasteiger partial charge in [0, 0.05) is 55.2 Å². The van der Waals surface area contributed by atoms with Gasteiger partial charge in [0.15, 0.2) is 5.82 Å². The zero-order valence-corrected chi connectivity index (χ0v) is 20.4. The summed E-state index contributed by atoms with van der Waals surface area (Å²) in [6.07, 6.45) is 0. The highest BCUT2D eigenvalue weighted by molar-refractivity contribution is 5.94. The van der Waals surface area contributed by atoms with Crippen LogP contribution in [0, 0.1) is 13.8 Å². The second-order valence-corrected chi connectivity index (χ2v) is 9.33. The van der Waals surface area contributed by atoms with Gasteiger partial charge < -0.3 is 15.5 Å². The molecule has 6 nitrogen and oxygen atoms in total. The van der Waals surface area contributed by atoms with E-state index in [1.807, 2.05) is 18.2 Å². The van der Waals surface area contributed by atoms with Crippen molar-refractivity contribution < 1.29 is 0 Å². The number of aromatic nitrogens is 2. The molecule has 34 heavy (non-hydrogen) atoms. The molecule has 1 fully saturated rings. The van der Waals surface area contributed by atoms with E-state index >= 15 is 0 Å². The Morgan fingerprint density at radius 1 is 0.765 bits per heavy atom. The van der Waals surface area contributed by atoms with E-state index in [1.165, 1.54) is 11.1 Å². The number of piperazine rings is 1. The Balaban J connectivity index is 1.46. The zero-order chi connectivity index (χ0) is 23.5. The van der Waals surface area contributed by atoms with Crippen LogP contribution in [0.25, 0.3) is 10.9 Å². The molecule has 176 valence electrons. The van der Waals surface area contributed by atoms with Crippen LogP contribution in [0.5, 0.6) is 0 Å². The Morgan fingerprint density at radius 2 is 1.50 bits per heavy atom. The predicted molar refractivity (Wildman–Crippen MR) is 143 cm³/mol. The van der Waals surface area contributed by atoms with Crippen LogP contribution in [0.3, 0.4) is 0 Å². The lowest BCUT2D eigenvalue weighted by atomic mass is 10.1. The van der Waals surface area contributed by atoms with Crippen LogP contribution < -0.4 is 10.6 Å². The molecule has 0 saturated carbocycles. The minimum Gasteiger partial charge on any atom is -0.355 e. The van der Waals surface area contributed by atoms with Gasteiger partial charge in [0.1, 0.15) is 0 Å². The lowest BCUT2D eigenvalue weighted by molar-refractivity contribution is 0.149. The molecule has 1 aliphatic rings. The number of fused-ring (bicyclic) bond motifs is 1. The van der Waals surface area contributed by atoms with Gasteiger partial charge in [0.25, 0.3) is 0 Å². The molecule has 0 unspecified atom stereocenters. The van der Waals surface area contributed by atoms with E-state index in [9.17, 15) is 0 Å².